The standard InChI is InChI=1S/C12H15NO4/c1-17-11(14)7-9-4-2-3-8(5-9)6-10(13)12(15)16/h2-5,10H,6-7,13H2,1H3,(H,15,16). The van der Waals surface area contributed by atoms with E-state index >= 15 is 0 Å². The third-order valence-corrected chi connectivity index (χ3v) is 2.34. The highest BCUT2D eigenvalue weighted by Crippen LogP contribution is 2.08. The minimum Gasteiger partial charge on any atom is -0.480 e. The molecule has 1 unspecified atom stereocenters. The Kier molecular flexibility index (Phi) is 4.66. The molecule has 0 aliphatic rings. The van der Waals surface area contributed by atoms with E-state index in [9.17, 15) is 9.59 Å². The number of aliphatic carboxylic acids is 1. The summed E-state index contributed by atoms with van der Waals surface area (Å²) in [5, 5.41) is 8.70. The minimum absolute atomic E-state index is 0.173. The van der Waals surface area contributed by atoms with Gasteiger partial charge < -0.3 is 15.6 Å². The van der Waals surface area contributed by atoms with Crippen LogP contribution >= 0.6 is 0 Å². The molecule has 1 rings (SSSR count). The Labute approximate surface area is 99.2 Å². The highest BCUT2D eigenvalue weighted by molar-refractivity contribution is 5.74. The lowest BCUT2D eigenvalue weighted by atomic mass is 10.0. The van der Waals surface area contributed by atoms with Gasteiger partial charge in [-0.15, -0.1) is 0 Å². The number of carbonyl (C=O) groups is 2. The quantitative estimate of drug-likeness (QED) is 0.721. The van der Waals surface area contributed by atoms with Crippen molar-refractivity contribution < 1.29 is 19.4 Å². The van der Waals surface area contributed by atoms with Crippen LogP contribution in [0, 0.1) is 0 Å². The van der Waals surface area contributed by atoms with Crippen LogP contribution in [0.2, 0.25) is 0 Å². The van der Waals surface area contributed by atoms with Gasteiger partial charge in [-0.2, -0.15) is 0 Å². The number of esters is 1. The molecular weight excluding hydrogens is 222 g/mol. The molecule has 5 nitrogen and oxygen atoms in total. The van der Waals surface area contributed by atoms with Crippen LogP contribution in [0.25, 0.3) is 0 Å². The van der Waals surface area contributed by atoms with Crippen molar-refractivity contribution in [3.8, 4) is 0 Å². The van der Waals surface area contributed by atoms with Crippen LogP contribution in [0.1, 0.15) is 11.1 Å². The zero-order valence-corrected chi connectivity index (χ0v) is 9.55. The van der Waals surface area contributed by atoms with E-state index < -0.39 is 12.0 Å². The summed E-state index contributed by atoms with van der Waals surface area (Å²) in [4.78, 5) is 21.7. The first-order valence-electron chi connectivity index (χ1n) is 5.16. The minimum atomic E-state index is -1.04. The molecule has 0 saturated carbocycles. The summed E-state index contributed by atoms with van der Waals surface area (Å²) in [6, 6.07) is 6.17. The molecule has 5 heteroatoms. The fraction of sp³-hybridized carbons (Fsp3) is 0.333. The molecule has 1 aromatic carbocycles. The van der Waals surface area contributed by atoms with Crippen LogP contribution in [-0.4, -0.2) is 30.2 Å². The first-order valence-corrected chi connectivity index (χ1v) is 5.16. The zero-order valence-electron chi connectivity index (χ0n) is 9.55. The Morgan fingerprint density at radius 3 is 2.65 bits per heavy atom. The predicted octanol–water partition coefficient (Wildman–Crippen LogP) is 0.356. The van der Waals surface area contributed by atoms with Gasteiger partial charge in [-0.25, -0.2) is 0 Å². The van der Waals surface area contributed by atoms with E-state index in [1.807, 2.05) is 0 Å². The number of benzene rings is 1. The van der Waals surface area contributed by atoms with E-state index in [-0.39, 0.29) is 18.8 Å². The Morgan fingerprint density at radius 2 is 2.06 bits per heavy atom. The SMILES string of the molecule is COC(=O)Cc1cccc(CC(N)C(=O)O)c1. The third-order valence-electron chi connectivity index (χ3n) is 2.34. The molecule has 1 atom stereocenters. The normalized spacial score (nSPS) is 11.9. The second-order valence-corrected chi connectivity index (χ2v) is 3.72. The highest BCUT2D eigenvalue weighted by Gasteiger charge is 2.12. The molecule has 0 spiro atoms. The van der Waals surface area contributed by atoms with Gasteiger partial charge >= 0.3 is 11.9 Å². The predicted molar refractivity (Wildman–Crippen MR) is 61.5 cm³/mol. The molecule has 0 fully saturated rings. The summed E-state index contributed by atoms with van der Waals surface area (Å²) in [6.07, 6.45) is 0.414. The van der Waals surface area contributed by atoms with Gasteiger partial charge in [-0.05, 0) is 17.5 Å². The van der Waals surface area contributed by atoms with Crippen molar-refractivity contribution in [1.82, 2.24) is 0 Å². The van der Waals surface area contributed by atoms with E-state index in [1.165, 1.54) is 7.11 Å². The van der Waals surface area contributed by atoms with Crippen molar-refractivity contribution in [3.63, 3.8) is 0 Å². The molecule has 0 aliphatic carbocycles. The van der Waals surface area contributed by atoms with E-state index in [1.54, 1.807) is 24.3 Å². The van der Waals surface area contributed by atoms with Gasteiger partial charge in [0, 0.05) is 0 Å². The topological polar surface area (TPSA) is 89.6 Å². The maximum absolute atomic E-state index is 11.1. The number of nitrogens with two attached hydrogens (primary N) is 1. The van der Waals surface area contributed by atoms with Gasteiger partial charge in [-0.3, -0.25) is 9.59 Å². The number of rotatable bonds is 5. The van der Waals surface area contributed by atoms with Crippen LogP contribution in [0.3, 0.4) is 0 Å². The Hall–Kier alpha value is -1.88. The van der Waals surface area contributed by atoms with E-state index in [4.69, 9.17) is 10.8 Å². The van der Waals surface area contributed by atoms with Crippen LogP contribution in [0.5, 0.6) is 0 Å². The maximum Gasteiger partial charge on any atom is 0.320 e. The van der Waals surface area contributed by atoms with E-state index in [0.717, 1.165) is 11.1 Å². The molecule has 0 aromatic heterocycles. The molecule has 17 heavy (non-hydrogen) atoms. The smallest absolute Gasteiger partial charge is 0.320 e. The number of hydrogen-bond acceptors (Lipinski definition) is 4. The van der Waals surface area contributed by atoms with Crippen molar-refractivity contribution >= 4 is 11.9 Å². The number of methoxy groups -OCH3 is 1. The van der Waals surface area contributed by atoms with Gasteiger partial charge in [0.1, 0.15) is 6.04 Å². The highest BCUT2D eigenvalue weighted by atomic mass is 16.5. The van der Waals surface area contributed by atoms with Gasteiger partial charge in [0.25, 0.3) is 0 Å². The summed E-state index contributed by atoms with van der Waals surface area (Å²) in [5.41, 5.74) is 7.01. The van der Waals surface area contributed by atoms with Crippen LogP contribution < -0.4 is 5.73 Å². The lowest BCUT2D eigenvalue weighted by Gasteiger charge is -2.07. The lowest BCUT2D eigenvalue weighted by Crippen LogP contribution is -2.32. The summed E-state index contributed by atoms with van der Waals surface area (Å²) < 4.78 is 4.56. The fourth-order valence-electron chi connectivity index (χ4n) is 1.45. The van der Waals surface area contributed by atoms with Crippen LogP contribution in [0.15, 0.2) is 24.3 Å². The van der Waals surface area contributed by atoms with Crippen molar-refractivity contribution in [2.75, 3.05) is 7.11 Å². The molecule has 3 N–H and O–H groups in total. The Balaban J connectivity index is 2.72. The van der Waals surface area contributed by atoms with E-state index in [2.05, 4.69) is 4.74 Å². The second-order valence-electron chi connectivity index (χ2n) is 3.72. The summed E-state index contributed by atoms with van der Waals surface area (Å²) >= 11 is 0. The molecule has 0 bridgehead atoms. The number of carboxylic acids is 1. The average Bonchev–Trinajstić information content (AvgIpc) is 2.29. The molecule has 0 aliphatic heterocycles. The second kappa shape index (κ2) is 6.00. The Morgan fingerprint density at radius 1 is 1.41 bits per heavy atom. The first kappa shape index (κ1) is 13.2. The molecular formula is C12H15NO4. The first-order chi connectivity index (χ1) is 8.02. The third kappa shape index (κ3) is 4.24. The summed E-state index contributed by atoms with van der Waals surface area (Å²) in [6.45, 7) is 0. The zero-order chi connectivity index (χ0) is 12.8. The summed E-state index contributed by atoms with van der Waals surface area (Å²) in [7, 11) is 1.33. The monoisotopic (exact) mass is 237 g/mol. The average molecular weight is 237 g/mol. The van der Waals surface area contributed by atoms with Crippen molar-refractivity contribution in [2.45, 2.75) is 18.9 Å². The molecule has 0 heterocycles. The van der Waals surface area contributed by atoms with Crippen molar-refractivity contribution in [1.29, 1.82) is 0 Å². The maximum atomic E-state index is 11.1. The number of carbonyl (C=O) groups excluding carboxylic acids is 1. The molecule has 0 radical (unpaired) electrons. The van der Waals surface area contributed by atoms with Gasteiger partial charge in [0.2, 0.25) is 0 Å². The number of ether oxygens (including phenoxy) is 1. The number of carboxylic acid groups (broad SMARTS) is 1. The fourth-order valence-corrected chi connectivity index (χ4v) is 1.45. The van der Waals surface area contributed by atoms with Gasteiger partial charge in [0.15, 0.2) is 0 Å². The Bertz CT molecular complexity index is 417. The van der Waals surface area contributed by atoms with Crippen molar-refractivity contribution in [3.05, 3.63) is 35.4 Å². The van der Waals surface area contributed by atoms with Gasteiger partial charge in [-0.1, -0.05) is 24.3 Å². The molecule has 1 aromatic rings. The molecule has 0 saturated heterocycles. The summed E-state index contributed by atoms with van der Waals surface area (Å²) in [5.74, 6) is -1.37. The van der Waals surface area contributed by atoms with Crippen LogP contribution in [-0.2, 0) is 27.2 Å². The van der Waals surface area contributed by atoms with E-state index in [0.29, 0.717) is 0 Å². The molecule has 92 valence electrons. The van der Waals surface area contributed by atoms with Crippen molar-refractivity contribution in [2.24, 2.45) is 5.73 Å². The van der Waals surface area contributed by atoms with Gasteiger partial charge in [0.05, 0.1) is 13.5 Å². The lowest BCUT2D eigenvalue weighted by molar-refractivity contribution is -0.140. The van der Waals surface area contributed by atoms with Crippen LogP contribution in [0.4, 0.5) is 0 Å². The number of hydrogen-bond donors (Lipinski definition) is 2. The molecule has 0 amide bonds. The largest absolute Gasteiger partial charge is 0.480 e.